The number of hydrogen-bond acceptors (Lipinski definition) is 4. The predicted octanol–water partition coefficient (Wildman–Crippen LogP) is 0.336. The van der Waals surface area contributed by atoms with Gasteiger partial charge in [0.1, 0.15) is 5.69 Å². The summed E-state index contributed by atoms with van der Waals surface area (Å²) in [7, 11) is -4.62. The first-order chi connectivity index (χ1) is 8.76. The van der Waals surface area contributed by atoms with Gasteiger partial charge in [0.15, 0.2) is 0 Å². The fraction of sp³-hybridized carbons (Fsp3) is 0.455. The van der Waals surface area contributed by atoms with Gasteiger partial charge in [0.25, 0.3) is 5.56 Å². The molecule has 2 heterocycles. The molecule has 1 aromatic heterocycles. The highest BCUT2D eigenvalue weighted by Crippen LogP contribution is 2.24. The second-order valence-corrected chi connectivity index (χ2v) is 6.08. The summed E-state index contributed by atoms with van der Waals surface area (Å²) in [5.74, 6) is -1.69. The number of halogens is 1. The zero-order valence-electron chi connectivity index (χ0n) is 10.2. The van der Waals surface area contributed by atoms with Gasteiger partial charge in [-0.05, 0) is 18.6 Å². The lowest BCUT2D eigenvalue weighted by molar-refractivity contribution is -0.117. The minimum absolute atomic E-state index is 0.0362. The highest BCUT2D eigenvalue weighted by molar-refractivity contribution is 7.86. The van der Waals surface area contributed by atoms with Gasteiger partial charge in [-0.3, -0.25) is 9.59 Å². The molecule has 0 aliphatic carbocycles. The number of amides is 1. The largest absolute Gasteiger partial charge is 0.327 e. The molecule has 1 aliphatic heterocycles. The van der Waals surface area contributed by atoms with Crippen molar-refractivity contribution in [3.63, 3.8) is 0 Å². The molecule has 104 valence electrons. The Morgan fingerprint density at radius 3 is 2.79 bits per heavy atom. The number of aromatic nitrogens is 1. The number of H-pyrrole nitrogens is 1. The van der Waals surface area contributed by atoms with Crippen molar-refractivity contribution in [2.24, 2.45) is 5.92 Å². The van der Waals surface area contributed by atoms with Crippen LogP contribution in [0.3, 0.4) is 0 Å². The quantitative estimate of drug-likeness (QED) is 0.812. The molecule has 0 radical (unpaired) electrons. The number of rotatable bonds is 3. The van der Waals surface area contributed by atoms with Crippen LogP contribution in [0.5, 0.6) is 0 Å². The first-order valence-electron chi connectivity index (χ1n) is 5.68. The van der Waals surface area contributed by atoms with E-state index >= 15 is 0 Å². The van der Waals surface area contributed by atoms with Gasteiger partial charge in [-0.15, -0.1) is 3.89 Å². The molecule has 1 saturated heterocycles. The summed E-state index contributed by atoms with van der Waals surface area (Å²) in [6, 6.07) is 1.54. The maximum Gasteiger partial charge on any atom is 0.302 e. The molecule has 1 amide bonds. The summed E-state index contributed by atoms with van der Waals surface area (Å²) < 4.78 is 33.8. The van der Waals surface area contributed by atoms with Gasteiger partial charge in [-0.1, -0.05) is 0 Å². The van der Waals surface area contributed by atoms with Crippen LogP contribution < -0.4 is 10.5 Å². The third-order valence-corrected chi connectivity index (χ3v) is 3.83. The number of anilines is 1. The Morgan fingerprint density at radius 2 is 2.16 bits per heavy atom. The van der Waals surface area contributed by atoms with Crippen LogP contribution in [-0.4, -0.2) is 31.6 Å². The molecule has 1 N–H and O–H groups in total. The molecule has 0 bridgehead atoms. The molecule has 1 aromatic rings. The lowest BCUT2D eigenvalue weighted by Gasteiger charge is -2.15. The summed E-state index contributed by atoms with van der Waals surface area (Å²) in [6.07, 6.45) is 1.44. The molecule has 19 heavy (non-hydrogen) atoms. The summed E-state index contributed by atoms with van der Waals surface area (Å²) in [5.41, 5.74) is 0.510. The Kier molecular flexibility index (Phi) is 3.44. The van der Waals surface area contributed by atoms with Crippen molar-refractivity contribution in [2.45, 2.75) is 13.3 Å². The Balaban J connectivity index is 2.25. The van der Waals surface area contributed by atoms with Crippen LogP contribution in [0.1, 0.15) is 12.0 Å². The van der Waals surface area contributed by atoms with Gasteiger partial charge in [-0.2, -0.15) is 8.42 Å². The van der Waals surface area contributed by atoms with Crippen molar-refractivity contribution in [3.05, 3.63) is 28.2 Å². The van der Waals surface area contributed by atoms with Gasteiger partial charge in [-0.25, -0.2) is 0 Å². The van der Waals surface area contributed by atoms with E-state index < -0.39 is 27.5 Å². The molecule has 0 spiro atoms. The van der Waals surface area contributed by atoms with E-state index in [0.717, 1.165) is 5.56 Å². The molecule has 1 atom stereocenters. The second-order valence-electron chi connectivity index (χ2n) is 4.67. The summed E-state index contributed by atoms with van der Waals surface area (Å²) >= 11 is 0. The average Bonchev–Trinajstić information content (AvgIpc) is 2.60. The maximum absolute atomic E-state index is 12.6. The van der Waals surface area contributed by atoms with Gasteiger partial charge in [0.2, 0.25) is 5.91 Å². The Morgan fingerprint density at radius 1 is 1.47 bits per heavy atom. The van der Waals surface area contributed by atoms with Crippen molar-refractivity contribution in [1.29, 1.82) is 0 Å². The van der Waals surface area contributed by atoms with Crippen LogP contribution in [-0.2, 0) is 15.0 Å². The van der Waals surface area contributed by atoms with E-state index in [2.05, 4.69) is 4.98 Å². The van der Waals surface area contributed by atoms with Gasteiger partial charge in [0.05, 0.1) is 5.75 Å². The molecule has 1 fully saturated rings. The number of nitrogens with one attached hydrogen (secondary N) is 1. The Bertz CT molecular complexity index is 668. The molecular weight excluding hydrogens is 275 g/mol. The molecule has 1 aliphatic rings. The zero-order valence-corrected chi connectivity index (χ0v) is 11.0. The normalized spacial score (nSPS) is 20.0. The number of nitrogens with zero attached hydrogens (tertiary/aromatic N) is 1. The molecule has 0 saturated carbocycles. The van der Waals surface area contributed by atoms with E-state index in [9.17, 15) is 21.9 Å². The van der Waals surface area contributed by atoms with Crippen LogP contribution in [0.4, 0.5) is 9.57 Å². The minimum atomic E-state index is -4.62. The standard InChI is InChI=1S/C11H13FN2O4S/c1-7-2-9(11(16)13-4-7)14-5-8(3-10(14)15)6-19(12,17)18/h2,4,8H,3,5-6H2,1H3,(H,13,16). The number of aryl methyl sites for hydroxylation is 1. The first kappa shape index (κ1) is 13.7. The average molecular weight is 288 g/mol. The Hall–Kier alpha value is -1.70. The lowest BCUT2D eigenvalue weighted by Crippen LogP contribution is -2.30. The second kappa shape index (κ2) is 4.76. The monoisotopic (exact) mass is 288 g/mol. The smallest absolute Gasteiger partial charge is 0.302 e. The summed E-state index contributed by atoms with van der Waals surface area (Å²) in [4.78, 5) is 27.1. The molecule has 0 aromatic carbocycles. The van der Waals surface area contributed by atoms with E-state index in [-0.39, 0.29) is 24.6 Å². The van der Waals surface area contributed by atoms with Crippen molar-refractivity contribution in [3.8, 4) is 0 Å². The van der Waals surface area contributed by atoms with Crippen molar-refractivity contribution < 1.29 is 17.1 Å². The first-order valence-corrected chi connectivity index (χ1v) is 7.23. The predicted molar refractivity (Wildman–Crippen MR) is 67.2 cm³/mol. The van der Waals surface area contributed by atoms with Crippen LogP contribution >= 0.6 is 0 Å². The van der Waals surface area contributed by atoms with Crippen LogP contribution in [0.25, 0.3) is 0 Å². The third-order valence-electron chi connectivity index (χ3n) is 2.96. The number of hydrogen-bond donors (Lipinski definition) is 1. The number of carbonyl (C=O) groups excluding carboxylic acids is 1. The minimum Gasteiger partial charge on any atom is -0.327 e. The summed E-state index contributed by atoms with van der Waals surface area (Å²) in [6.45, 7) is 1.79. The number of aromatic amines is 1. The summed E-state index contributed by atoms with van der Waals surface area (Å²) in [5, 5.41) is 0. The van der Waals surface area contributed by atoms with Gasteiger partial charge >= 0.3 is 10.2 Å². The highest BCUT2D eigenvalue weighted by atomic mass is 32.3. The molecule has 1 unspecified atom stereocenters. The Labute approximate surface area is 109 Å². The highest BCUT2D eigenvalue weighted by Gasteiger charge is 2.34. The van der Waals surface area contributed by atoms with E-state index in [4.69, 9.17) is 0 Å². The molecule has 6 nitrogen and oxygen atoms in total. The van der Waals surface area contributed by atoms with E-state index in [1.54, 1.807) is 13.0 Å². The SMILES string of the molecule is Cc1c[nH]c(=O)c(N2CC(CS(=O)(=O)F)CC2=O)c1. The lowest BCUT2D eigenvalue weighted by atomic mass is 10.1. The molecule has 8 heteroatoms. The fourth-order valence-electron chi connectivity index (χ4n) is 2.18. The van der Waals surface area contributed by atoms with E-state index in [1.807, 2.05) is 0 Å². The van der Waals surface area contributed by atoms with Gasteiger partial charge < -0.3 is 9.88 Å². The van der Waals surface area contributed by atoms with Crippen molar-refractivity contribution in [1.82, 2.24) is 4.98 Å². The van der Waals surface area contributed by atoms with Crippen molar-refractivity contribution >= 4 is 21.8 Å². The maximum atomic E-state index is 12.6. The molecule has 2 rings (SSSR count). The third kappa shape index (κ3) is 3.19. The van der Waals surface area contributed by atoms with E-state index in [0.29, 0.717) is 0 Å². The fourth-order valence-corrected chi connectivity index (χ4v) is 2.97. The number of carbonyl (C=O) groups is 1. The zero-order chi connectivity index (χ0) is 14.2. The van der Waals surface area contributed by atoms with Crippen LogP contribution in [0.15, 0.2) is 17.1 Å². The van der Waals surface area contributed by atoms with Crippen LogP contribution in [0, 0.1) is 12.8 Å². The number of pyridine rings is 1. The topological polar surface area (TPSA) is 87.3 Å². The van der Waals surface area contributed by atoms with Gasteiger partial charge in [0, 0.05) is 25.1 Å². The van der Waals surface area contributed by atoms with Crippen LogP contribution in [0.2, 0.25) is 0 Å². The molecular formula is C11H13FN2O4S. The van der Waals surface area contributed by atoms with Crippen molar-refractivity contribution in [2.75, 3.05) is 17.2 Å². The van der Waals surface area contributed by atoms with E-state index in [1.165, 1.54) is 11.1 Å².